The summed E-state index contributed by atoms with van der Waals surface area (Å²) in [5.41, 5.74) is 1.87. The molecule has 4 heteroatoms. The van der Waals surface area contributed by atoms with E-state index in [0.29, 0.717) is 16.9 Å². The zero-order valence-corrected chi connectivity index (χ0v) is 14.0. The maximum Gasteiger partial charge on any atom is 0.224 e. The van der Waals surface area contributed by atoms with Gasteiger partial charge >= 0.3 is 0 Å². The highest BCUT2D eigenvalue weighted by Crippen LogP contribution is 2.63. The van der Waals surface area contributed by atoms with Crippen LogP contribution in [0.15, 0.2) is 6.20 Å². The number of rotatable bonds is 4. The highest BCUT2D eigenvalue weighted by Gasteiger charge is 2.59. The van der Waals surface area contributed by atoms with Crippen molar-refractivity contribution >= 4 is 11.8 Å². The Kier molecular flexibility index (Phi) is 3.38. The number of nitrogens with zero attached hydrogens (tertiary/aromatic N) is 2. The third kappa shape index (κ3) is 2.29. The molecule has 2 fully saturated rings. The summed E-state index contributed by atoms with van der Waals surface area (Å²) >= 11 is 0. The van der Waals surface area contributed by atoms with Crippen LogP contribution < -0.4 is 10.6 Å². The third-order valence-corrected chi connectivity index (χ3v) is 5.86. The second kappa shape index (κ2) is 4.85. The Balaban J connectivity index is 1.88. The van der Waals surface area contributed by atoms with Gasteiger partial charge in [-0.1, -0.05) is 20.8 Å². The van der Waals surface area contributed by atoms with Crippen molar-refractivity contribution in [2.75, 3.05) is 17.2 Å². The smallest absolute Gasteiger partial charge is 0.224 e. The van der Waals surface area contributed by atoms with Crippen molar-refractivity contribution in [2.45, 2.75) is 59.9 Å². The summed E-state index contributed by atoms with van der Waals surface area (Å²) in [6.45, 7) is 12.3. The number of anilines is 2. The minimum atomic E-state index is 0.336. The molecule has 2 bridgehead atoms. The number of aromatic nitrogens is 2. The van der Waals surface area contributed by atoms with Gasteiger partial charge in [0.25, 0.3) is 0 Å². The molecule has 0 aliphatic heterocycles. The molecule has 3 atom stereocenters. The van der Waals surface area contributed by atoms with E-state index in [9.17, 15) is 0 Å². The van der Waals surface area contributed by atoms with E-state index >= 15 is 0 Å². The molecule has 21 heavy (non-hydrogen) atoms. The second-order valence-electron chi connectivity index (χ2n) is 7.75. The summed E-state index contributed by atoms with van der Waals surface area (Å²) in [4.78, 5) is 9.02. The summed E-state index contributed by atoms with van der Waals surface area (Å²) in [6, 6.07) is 0.492. The molecule has 116 valence electrons. The molecular weight excluding hydrogens is 260 g/mol. The van der Waals surface area contributed by atoms with Crippen LogP contribution in [0.25, 0.3) is 0 Å². The molecule has 2 saturated carbocycles. The van der Waals surface area contributed by atoms with E-state index in [4.69, 9.17) is 0 Å². The maximum absolute atomic E-state index is 4.67. The SMILES string of the molecule is CCNc1ncc(C)c(NC2C3(C)CCC(C3)C2(C)C)n1. The normalized spacial score (nSPS) is 33.2. The van der Waals surface area contributed by atoms with Crippen LogP contribution in [0.2, 0.25) is 0 Å². The van der Waals surface area contributed by atoms with Gasteiger partial charge in [0.2, 0.25) is 5.95 Å². The first-order valence-electron chi connectivity index (χ1n) is 8.21. The number of aryl methyl sites for hydroxylation is 1. The molecule has 0 radical (unpaired) electrons. The molecule has 0 spiro atoms. The molecule has 2 aliphatic rings. The molecule has 0 amide bonds. The van der Waals surface area contributed by atoms with Crippen molar-refractivity contribution in [1.82, 2.24) is 9.97 Å². The molecule has 2 aliphatic carbocycles. The summed E-state index contributed by atoms with van der Waals surface area (Å²) in [5.74, 6) is 2.56. The van der Waals surface area contributed by atoms with Crippen molar-refractivity contribution in [2.24, 2.45) is 16.7 Å². The van der Waals surface area contributed by atoms with E-state index < -0.39 is 0 Å². The summed E-state index contributed by atoms with van der Waals surface area (Å²) in [6.07, 6.45) is 5.98. The number of hydrogen-bond acceptors (Lipinski definition) is 4. The van der Waals surface area contributed by atoms with Gasteiger partial charge in [0.1, 0.15) is 5.82 Å². The summed E-state index contributed by atoms with van der Waals surface area (Å²) in [5, 5.41) is 6.98. The third-order valence-electron chi connectivity index (χ3n) is 5.86. The van der Waals surface area contributed by atoms with Crippen LogP contribution in [0.1, 0.15) is 52.5 Å². The van der Waals surface area contributed by atoms with Gasteiger partial charge in [0, 0.05) is 24.3 Å². The van der Waals surface area contributed by atoms with Crippen molar-refractivity contribution in [3.05, 3.63) is 11.8 Å². The van der Waals surface area contributed by atoms with Gasteiger partial charge in [0.15, 0.2) is 0 Å². The second-order valence-corrected chi connectivity index (χ2v) is 7.75. The molecule has 1 aromatic rings. The molecule has 3 unspecified atom stereocenters. The van der Waals surface area contributed by atoms with Gasteiger partial charge in [0.05, 0.1) is 0 Å². The van der Waals surface area contributed by atoms with E-state index in [1.807, 2.05) is 6.20 Å². The molecule has 0 aromatic carbocycles. The number of hydrogen-bond donors (Lipinski definition) is 2. The first-order chi connectivity index (χ1) is 9.87. The first-order valence-corrected chi connectivity index (χ1v) is 8.21. The summed E-state index contributed by atoms with van der Waals surface area (Å²) in [7, 11) is 0. The Hall–Kier alpha value is -1.32. The Bertz CT molecular complexity index is 535. The fourth-order valence-electron chi connectivity index (χ4n) is 4.63. The molecular formula is C17H28N4. The minimum Gasteiger partial charge on any atom is -0.366 e. The predicted molar refractivity (Wildman–Crippen MR) is 87.6 cm³/mol. The molecule has 4 nitrogen and oxygen atoms in total. The lowest BCUT2D eigenvalue weighted by Gasteiger charge is -2.43. The monoisotopic (exact) mass is 288 g/mol. The maximum atomic E-state index is 4.67. The average Bonchev–Trinajstić information content (AvgIpc) is 2.89. The van der Waals surface area contributed by atoms with Crippen molar-refractivity contribution in [1.29, 1.82) is 0 Å². The van der Waals surface area contributed by atoms with Crippen LogP contribution in [0.4, 0.5) is 11.8 Å². The van der Waals surface area contributed by atoms with Gasteiger partial charge in [-0.3, -0.25) is 0 Å². The molecule has 0 saturated heterocycles. The Morgan fingerprint density at radius 1 is 1.33 bits per heavy atom. The lowest BCUT2D eigenvalue weighted by molar-refractivity contribution is 0.155. The Morgan fingerprint density at radius 3 is 2.71 bits per heavy atom. The van der Waals surface area contributed by atoms with Gasteiger partial charge < -0.3 is 10.6 Å². The lowest BCUT2D eigenvalue weighted by atomic mass is 9.68. The molecule has 1 aromatic heterocycles. The fraction of sp³-hybridized carbons (Fsp3) is 0.765. The number of nitrogens with one attached hydrogen (secondary N) is 2. The minimum absolute atomic E-state index is 0.336. The molecule has 1 heterocycles. The number of fused-ring (bicyclic) bond motifs is 2. The summed E-state index contributed by atoms with van der Waals surface area (Å²) < 4.78 is 0. The van der Waals surface area contributed by atoms with Gasteiger partial charge in [-0.25, -0.2) is 4.98 Å². The standard InChI is InChI=1S/C17H28N4/c1-6-18-15-19-10-11(2)13(21-15)20-14-16(3,4)12-7-8-17(14,5)9-12/h10,12,14H,6-9H2,1-5H3,(H2,18,19,20,21). The quantitative estimate of drug-likeness (QED) is 0.883. The van der Waals surface area contributed by atoms with E-state index in [0.717, 1.165) is 29.8 Å². The van der Waals surface area contributed by atoms with E-state index in [1.54, 1.807) is 0 Å². The Morgan fingerprint density at radius 2 is 2.10 bits per heavy atom. The van der Waals surface area contributed by atoms with Crippen LogP contribution in [0.5, 0.6) is 0 Å². The van der Waals surface area contributed by atoms with Crippen LogP contribution in [-0.4, -0.2) is 22.6 Å². The fourth-order valence-corrected chi connectivity index (χ4v) is 4.63. The van der Waals surface area contributed by atoms with E-state index in [-0.39, 0.29) is 0 Å². The average molecular weight is 288 g/mol. The van der Waals surface area contributed by atoms with Crippen LogP contribution in [0.3, 0.4) is 0 Å². The highest BCUT2D eigenvalue weighted by atomic mass is 15.2. The van der Waals surface area contributed by atoms with Crippen molar-refractivity contribution < 1.29 is 0 Å². The Labute approximate surface area is 128 Å². The topological polar surface area (TPSA) is 49.8 Å². The van der Waals surface area contributed by atoms with Gasteiger partial charge in [-0.2, -0.15) is 4.98 Å². The van der Waals surface area contributed by atoms with Gasteiger partial charge in [-0.05, 0) is 49.9 Å². The van der Waals surface area contributed by atoms with Gasteiger partial charge in [-0.15, -0.1) is 0 Å². The zero-order valence-electron chi connectivity index (χ0n) is 14.0. The van der Waals surface area contributed by atoms with Crippen LogP contribution in [0, 0.1) is 23.7 Å². The highest BCUT2D eigenvalue weighted by molar-refractivity contribution is 5.48. The van der Waals surface area contributed by atoms with Crippen molar-refractivity contribution in [3.8, 4) is 0 Å². The van der Waals surface area contributed by atoms with Crippen LogP contribution in [-0.2, 0) is 0 Å². The zero-order chi connectivity index (χ0) is 15.3. The predicted octanol–water partition coefficient (Wildman–Crippen LogP) is 3.84. The van der Waals surface area contributed by atoms with E-state index in [1.165, 1.54) is 19.3 Å². The first kappa shape index (κ1) is 14.6. The molecule has 2 N–H and O–H groups in total. The van der Waals surface area contributed by atoms with E-state index in [2.05, 4.69) is 55.2 Å². The van der Waals surface area contributed by atoms with Crippen molar-refractivity contribution in [3.63, 3.8) is 0 Å². The molecule has 3 rings (SSSR count). The lowest BCUT2D eigenvalue weighted by Crippen LogP contribution is -2.46. The largest absolute Gasteiger partial charge is 0.366 e. The van der Waals surface area contributed by atoms with Crippen LogP contribution >= 0.6 is 0 Å².